The number of rotatable bonds is 8. The maximum atomic E-state index is 12.0. The van der Waals surface area contributed by atoms with Crippen molar-refractivity contribution in [2.24, 2.45) is 11.7 Å². The topological polar surface area (TPSA) is 93.8 Å². The van der Waals surface area contributed by atoms with Crippen LogP contribution in [0.4, 0.5) is 0 Å². The van der Waals surface area contributed by atoms with Crippen LogP contribution in [0.5, 0.6) is 11.5 Å². The molecule has 0 saturated heterocycles. The summed E-state index contributed by atoms with van der Waals surface area (Å²) in [5.41, 5.74) is 6.41. The quantitative estimate of drug-likeness (QED) is 0.671. The molecule has 0 aromatic heterocycles. The molecule has 0 heterocycles. The molecule has 3 unspecified atom stereocenters. The fourth-order valence-corrected chi connectivity index (χ4v) is 2.04. The fourth-order valence-electron chi connectivity index (χ4n) is 2.04. The van der Waals surface area contributed by atoms with Gasteiger partial charge in [0, 0.05) is 12.1 Å². The van der Waals surface area contributed by atoms with Crippen molar-refractivity contribution in [3.63, 3.8) is 0 Å². The van der Waals surface area contributed by atoms with Gasteiger partial charge in [-0.25, -0.2) is 0 Å². The van der Waals surface area contributed by atoms with Crippen LogP contribution in [0.25, 0.3) is 0 Å². The summed E-state index contributed by atoms with van der Waals surface area (Å²) >= 11 is 0. The molecule has 0 radical (unpaired) electrons. The molecule has 1 aromatic rings. The Labute approximate surface area is 131 Å². The van der Waals surface area contributed by atoms with Crippen molar-refractivity contribution < 1.29 is 19.4 Å². The molecule has 0 aliphatic heterocycles. The summed E-state index contributed by atoms with van der Waals surface area (Å²) in [7, 11) is 3.07. The second kappa shape index (κ2) is 8.60. The fraction of sp³-hybridized carbons (Fsp3) is 0.562. The van der Waals surface area contributed by atoms with E-state index in [2.05, 4.69) is 5.32 Å². The zero-order valence-electron chi connectivity index (χ0n) is 13.6. The normalized spacial score (nSPS) is 14.8. The van der Waals surface area contributed by atoms with E-state index in [1.807, 2.05) is 13.8 Å². The van der Waals surface area contributed by atoms with E-state index < -0.39 is 12.1 Å². The monoisotopic (exact) mass is 310 g/mol. The van der Waals surface area contributed by atoms with E-state index in [0.29, 0.717) is 17.1 Å². The molecule has 1 rings (SSSR count). The summed E-state index contributed by atoms with van der Waals surface area (Å²) in [5.74, 6) is 0.963. The highest BCUT2D eigenvalue weighted by Gasteiger charge is 2.21. The Morgan fingerprint density at radius 2 is 2.05 bits per heavy atom. The standard InChI is InChI=1S/C16H26N2O4/c1-5-10(2)15(17)16(20)18-9-13(19)12-8-11(21-3)6-7-14(12)22-4/h6-8,10,13,15,19H,5,9,17H2,1-4H3,(H,18,20). The highest BCUT2D eigenvalue weighted by atomic mass is 16.5. The number of methoxy groups -OCH3 is 2. The summed E-state index contributed by atoms with van der Waals surface area (Å²) in [6.45, 7) is 3.96. The summed E-state index contributed by atoms with van der Waals surface area (Å²) in [5, 5.41) is 13.0. The molecular formula is C16H26N2O4. The average Bonchev–Trinajstić information content (AvgIpc) is 2.56. The van der Waals surface area contributed by atoms with E-state index >= 15 is 0 Å². The zero-order valence-corrected chi connectivity index (χ0v) is 13.6. The van der Waals surface area contributed by atoms with Crippen LogP contribution in [0.2, 0.25) is 0 Å². The van der Waals surface area contributed by atoms with Gasteiger partial charge in [-0.05, 0) is 24.1 Å². The van der Waals surface area contributed by atoms with Crippen LogP contribution in [-0.2, 0) is 4.79 Å². The van der Waals surface area contributed by atoms with Crippen molar-refractivity contribution >= 4 is 5.91 Å². The van der Waals surface area contributed by atoms with Gasteiger partial charge >= 0.3 is 0 Å². The molecule has 124 valence electrons. The first-order valence-electron chi connectivity index (χ1n) is 7.37. The molecule has 0 bridgehead atoms. The Morgan fingerprint density at radius 3 is 2.59 bits per heavy atom. The van der Waals surface area contributed by atoms with E-state index in [-0.39, 0.29) is 18.4 Å². The Bertz CT molecular complexity index is 493. The molecule has 6 nitrogen and oxygen atoms in total. The molecule has 0 aliphatic rings. The Morgan fingerprint density at radius 1 is 1.36 bits per heavy atom. The van der Waals surface area contributed by atoms with Crippen LogP contribution in [0.15, 0.2) is 18.2 Å². The van der Waals surface area contributed by atoms with E-state index in [4.69, 9.17) is 15.2 Å². The summed E-state index contributed by atoms with van der Waals surface area (Å²) in [6, 6.07) is 4.56. The largest absolute Gasteiger partial charge is 0.497 e. The van der Waals surface area contributed by atoms with Gasteiger partial charge < -0.3 is 25.6 Å². The third kappa shape index (κ3) is 4.61. The van der Waals surface area contributed by atoms with Gasteiger partial charge in [0.25, 0.3) is 0 Å². The van der Waals surface area contributed by atoms with Crippen molar-refractivity contribution in [2.75, 3.05) is 20.8 Å². The van der Waals surface area contributed by atoms with Crippen molar-refractivity contribution in [3.05, 3.63) is 23.8 Å². The first-order chi connectivity index (χ1) is 10.4. The second-order valence-corrected chi connectivity index (χ2v) is 5.28. The van der Waals surface area contributed by atoms with E-state index in [1.54, 1.807) is 25.3 Å². The number of benzene rings is 1. The summed E-state index contributed by atoms with van der Waals surface area (Å²) < 4.78 is 10.4. The zero-order chi connectivity index (χ0) is 16.7. The van der Waals surface area contributed by atoms with Gasteiger partial charge in [0.05, 0.1) is 26.4 Å². The first kappa shape index (κ1) is 18.3. The third-order valence-electron chi connectivity index (χ3n) is 3.83. The molecule has 22 heavy (non-hydrogen) atoms. The number of aliphatic hydroxyl groups is 1. The number of aliphatic hydroxyl groups excluding tert-OH is 1. The lowest BCUT2D eigenvalue weighted by atomic mass is 9.99. The van der Waals surface area contributed by atoms with Gasteiger partial charge in [0.1, 0.15) is 11.5 Å². The van der Waals surface area contributed by atoms with Crippen molar-refractivity contribution in [2.45, 2.75) is 32.4 Å². The average molecular weight is 310 g/mol. The van der Waals surface area contributed by atoms with Crippen LogP contribution in [0, 0.1) is 5.92 Å². The minimum Gasteiger partial charge on any atom is -0.497 e. The highest BCUT2D eigenvalue weighted by molar-refractivity contribution is 5.81. The van der Waals surface area contributed by atoms with Crippen LogP contribution in [-0.4, -0.2) is 37.8 Å². The second-order valence-electron chi connectivity index (χ2n) is 5.28. The minimum absolute atomic E-state index is 0.0620. The van der Waals surface area contributed by atoms with Gasteiger partial charge in [-0.1, -0.05) is 20.3 Å². The molecule has 1 amide bonds. The number of hydrogen-bond donors (Lipinski definition) is 3. The van der Waals surface area contributed by atoms with Gasteiger partial charge in [0.15, 0.2) is 0 Å². The van der Waals surface area contributed by atoms with E-state index in [0.717, 1.165) is 6.42 Å². The molecular weight excluding hydrogens is 284 g/mol. The molecule has 1 aromatic carbocycles. The summed E-state index contributed by atoms with van der Waals surface area (Å²) in [4.78, 5) is 12.0. The minimum atomic E-state index is -0.905. The lowest BCUT2D eigenvalue weighted by Crippen LogP contribution is -2.45. The molecule has 0 fully saturated rings. The molecule has 0 aliphatic carbocycles. The van der Waals surface area contributed by atoms with Gasteiger partial charge in [-0.15, -0.1) is 0 Å². The number of carbonyl (C=O) groups excluding carboxylic acids is 1. The van der Waals surface area contributed by atoms with Crippen LogP contribution in [0.1, 0.15) is 31.9 Å². The first-order valence-corrected chi connectivity index (χ1v) is 7.37. The lowest BCUT2D eigenvalue weighted by Gasteiger charge is -2.20. The molecule has 3 atom stereocenters. The predicted octanol–water partition coefficient (Wildman–Crippen LogP) is 1.23. The van der Waals surface area contributed by atoms with Gasteiger partial charge in [-0.3, -0.25) is 4.79 Å². The Balaban J connectivity index is 2.73. The molecule has 4 N–H and O–H groups in total. The molecule has 0 spiro atoms. The maximum absolute atomic E-state index is 12.0. The van der Waals surface area contributed by atoms with Crippen LogP contribution >= 0.6 is 0 Å². The molecule has 6 heteroatoms. The van der Waals surface area contributed by atoms with E-state index in [1.165, 1.54) is 7.11 Å². The third-order valence-corrected chi connectivity index (χ3v) is 3.83. The predicted molar refractivity (Wildman–Crippen MR) is 84.9 cm³/mol. The maximum Gasteiger partial charge on any atom is 0.237 e. The number of nitrogens with one attached hydrogen (secondary N) is 1. The van der Waals surface area contributed by atoms with Crippen LogP contribution in [0.3, 0.4) is 0 Å². The molecule has 0 saturated carbocycles. The van der Waals surface area contributed by atoms with Gasteiger partial charge in [0.2, 0.25) is 5.91 Å². The SMILES string of the molecule is CCC(C)C(N)C(=O)NCC(O)c1cc(OC)ccc1OC. The van der Waals surface area contributed by atoms with E-state index in [9.17, 15) is 9.90 Å². The highest BCUT2D eigenvalue weighted by Crippen LogP contribution is 2.29. The summed E-state index contributed by atoms with van der Waals surface area (Å²) in [6.07, 6.45) is -0.0842. The number of hydrogen-bond acceptors (Lipinski definition) is 5. The Hall–Kier alpha value is -1.79. The lowest BCUT2D eigenvalue weighted by molar-refractivity contribution is -0.123. The van der Waals surface area contributed by atoms with Crippen molar-refractivity contribution in [1.29, 1.82) is 0 Å². The Kier molecular flexibility index (Phi) is 7.14. The number of amides is 1. The smallest absolute Gasteiger partial charge is 0.237 e. The van der Waals surface area contributed by atoms with Crippen molar-refractivity contribution in [1.82, 2.24) is 5.32 Å². The number of ether oxygens (including phenoxy) is 2. The number of carbonyl (C=O) groups is 1. The number of nitrogens with two attached hydrogens (primary N) is 1. The van der Waals surface area contributed by atoms with Crippen molar-refractivity contribution in [3.8, 4) is 11.5 Å². The van der Waals surface area contributed by atoms with Gasteiger partial charge in [-0.2, -0.15) is 0 Å². The van der Waals surface area contributed by atoms with Crippen LogP contribution < -0.4 is 20.5 Å².